The lowest BCUT2D eigenvalue weighted by molar-refractivity contribution is -0.0359. The molecule has 2 aromatic rings. The minimum absolute atomic E-state index is 0.0609. The summed E-state index contributed by atoms with van der Waals surface area (Å²) in [6.07, 6.45) is -0.455. The number of hydrogen-bond donors (Lipinski definition) is 2. The molecule has 20 heavy (non-hydrogen) atoms. The molecule has 0 bridgehead atoms. The fourth-order valence-corrected chi connectivity index (χ4v) is 2.59. The third-order valence-electron chi connectivity index (χ3n) is 3.53. The van der Waals surface area contributed by atoms with Crippen LogP contribution in [0.3, 0.4) is 0 Å². The van der Waals surface area contributed by atoms with Crippen molar-refractivity contribution in [2.24, 2.45) is 0 Å². The van der Waals surface area contributed by atoms with Crippen molar-refractivity contribution in [3.05, 3.63) is 65.2 Å². The number of aliphatic hydroxyl groups is 1. The van der Waals surface area contributed by atoms with Crippen LogP contribution >= 0.6 is 0 Å². The van der Waals surface area contributed by atoms with E-state index in [2.05, 4.69) is 0 Å². The van der Waals surface area contributed by atoms with Gasteiger partial charge in [0.05, 0.1) is 5.56 Å². The van der Waals surface area contributed by atoms with Gasteiger partial charge in [-0.15, -0.1) is 0 Å². The average Bonchev–Trinajstić information content (AvgIpc) is 2.46. The Morgan fingerprint density at radius 1 is 1.15 bits per heavy atom. The lowest BCUT2D eigenvalue weighted by Crippen LogP contribution is -2.26. The van der Waals surface area contributed by atoms with Crippen molar-refractivity contribution in [3.8, 4) is 5.75 Å². The summed E-state index contributed by atoms with van der Waals surface area (Å²) in [5.74, 6) is -0.484. The van der Waals surface area contributed by atoms with Gasteiger partial charge in [0, 0.05) is 17.9 Å². The number of hydrogen-bond acceptors (Lipinski definition) is 3. The standard InChI is InChI=1S/C16H14O4/c17-15-9-12(10-4-2-1-3-5-10)13-8-11(16(18)19)6-7-14(13)20-15/h1-8,12,15,17H,9H2,(H,18,19)/t12-,15?/m0/s1. The third-order valence-corrected chi connectivity index (χ3v) is 3.53. The average molecular weight is 270 g/mol. The summed E-state index contributed by atoms with van der Waals surface area (Å²) in [5.41, 5.74) is 2.07. The van der Waals surface area contributed by atoms with Crippen LogP contribution in [0.1, 0.15) is 33.8 Å². The van der Waals surface area contributed by atoms with E-state index in [9.17, 15) is 9.90 Å². The van der Waals surface area contributed by atoms with Crippen LogP contribution < -0.4 is 4.74 Å². The quantitative estimate of drug-likeness (QED) is 0.880. The van der Waals surface area contributed by atoms with Crippen molar-refractivity contribution in [1.29, 1.82) is 0 Å². The van der Waals surface area contributed by atoms with Gasteiger partial charge >= 0.3 is 5.97 Å². The van der Waals surface area contributed by atoms with Crippen molar-refractivity contribution >= 4 is 5.97 Å². The van der Waals surface area contributed by atoms with E-state index in [-0.39, 0.29) is 11.5 Å². The molecule has 2 atom stereocenters. The minimum Gasteiger partial charge on any atom is -0.478 e. The summed E-state index contributed by atoms with van der Waals surface area (Å²) in [5, 5.41) is 18.9. The van der Waals surface area contributed by atoms with Crippen molar-refractivity contribution in [1.82, 2.24) is 0 Å². The zero-order valence-electron chi connectivity index (χ0n) is 10.7. The molecule has 1 aliphatic heterocycles. The second kappa shape index (κ2) is 4.98. The number of carboxylic acid groups (broad SMARTS) is 1. The van der Waals surface area contributed by atoms with Gasteiger partial charge in [0.25, 0.3) is 0 Å². The molecule has 0 spiro atoms. The van der Waals surface area contributed by atoms with E-state index in [1.165, 1.54) is 6.07 Å². The monoisotopic (exact) mass is 270 g/mol. The first-order valence-electron chi connectivity index (χ1n) is 6.42. The van der Waals surface area contributed by atoms with Crippen LogP contribution in [0.15, 0.2) is 48.5 Å². The minimum atomic E-state index is -0.967. The molecule has 1 heterocycles. The van der Waals surface area contributed by atoms with Crippen LogP contribution in [0.5, 0.6) is 5.75 Å². The van der Waals surface area contributed by atoms with E-state index in [0.29, 0.717) is 12.2 Å². The molecule has 0 saturated heterocycles. The predicted molar refractivity (Wildman–Crippen MR) is 72.9 cm³/mol. The predicted octanol–water partition coefficient (Wildman–Crippen LogP) is 2.62. The Kier molecular flexibility index (Phi) is 3.16. The van der Waals surface area contributed by atoms with E-state index in [4.69, 9.17) is 9.84 Å². The molecule has 0 amide bonds. The number of aliphatic hydroxyl groups excluding tert-OH is 1. The highest BCUT2D eigenvalue weighted by atomic mass is 16.6. The Morgan fingerprint density at radius 2 is 1.90 bits per heavy atom. The summed E-state index contributed by atoms with van der Waals surface area (Å²) in [7, 11) is 0. The fourth-order valence-electron chi connectivity index (χ4n) is 2.59. The molecule has 1 aliphatic rings. The first-order valence-corrected chi connectivity index (χ1v) is 6.42. The summed E-state index contributed by atoms with van der Waals surface area (Å²) in [4.78, 5) is 11.1. The van der Waals surface area contributed by atoms with Crippen molar-refractivity contribution in [2.75, 3.05) is 0 Å². The summed E-state index contributed by atoms with van der Waals surface area (Å²) in [6.45, 7) is 0. The first-order chi connectivity index (χ1) is 9.65. The second-order valence-electron chi connectivity index (χ2n) is 4.83. The van der Waals surface area contributed by atoms with Crippen LogP contribution in [0.4, 0.5) is 0 Å². The Hall–Kier alpha value is -2.33. The number of fused-ring (bicyclic) bond motifs is 1. The maximum Gasteiger partial charge on any atom is 0.335 e. The molecule has 0 aliphatic carbocycles. The van der Waals surface area contributed by atoms with Gasteiger partial charge in [0.1, 0.15) is 5.75 Å². The Balaban J connectivity index is 2.10. The number of ether oxygens (including phenoxy) is 1. The van der Waals surface area contributed by atoms with E-state index in [0.717, 1.165) is 11.1 Å². The summed E-state index contributed by atoms with van der Waals surface area (Å²) < 4.78 is 5.38. The zero-order valence-corrected chi connectivity index (χ0v) is 10.7. The molecule has 3 rings (SSSR count). The number of carbonyl (C=O) groups is 1. The maximum atomic E-state index is 11.1. The third kappa shape index (κ3) is 2.26. The van der Waals surface area contributed by atoms with Gasteiger partial charge in [0.2, 0.25) is 0 Å². The molecule has 0 fully saturated rings. The largest absolute Gasteiger partial charge is 0.478 e. The van der Waals surface area contributed by atoms with Crippen LogP contribution in [-0.4, -0.2) is 22.5 Å². The molecule has 4 heteroatoms. The van der Waals surface area contributed by atoms with Gasteiger partial charge in [0.15, 0.2) is 6.29 Å². The van der Waals surface area contributed by atoms with E-state index in [1.807, 2.05) is 30.3 Å². The lowest BCUT2D eigenvalue weighted by Gasteiger charge is -2.30. The van der Waals surface area contributed by atoms with Crippen LogP contribution in [0.25, 0.3) is 0 Å². The van der Waals surface area contributed by atoms with Gasteiger partial charge < -0.3 is 14.9 Å². The van der Waals surface area contributed by atoms with Gasteiger partial charge in [-0.25, -0.2) is 4.79 Å². The number of benzene rings is 2. The Bertz CT molecular complexity index is 636. The maximum absolute atomic E-state index is 11.1. The molecule has 2 aromatic carbocycles. The van der Waals surface area contributed by atoms with Crippen LogP contribution in [0.2, 0.25) is 0 Å². The van der Waals surface area contributed by atoms with Gasteiger partial charge in [-0.05, 0) is 23.8 Å². The first kappa shape index (κ1) is 12.7. The highest BCUT2D eigenvalue weighted by molar-refractivity contribution is 5.88. The molecule has 0 aromatic heterocycles. The van der Waals surface area contributed by atoms with Gasteiger partial charge in [-0.3, -0.25) is 0 Å². The topological polar surface area (TPSA) is 66.8 Å². The van der Waals surface area contributed by atoms with Gasteiger partial charge in [-0.2, -0.15) is 0 Å². The Labute approximate surface area is 116 Å². The number of aromatic carboxylic acids is 1. The SMILES string of the molecule is O=C(O)c1ccc2c(c1)[C@H](c1ccccc1)CC(O)O2. The highest BCUT2D eigenvalue weighted by Gasteiger charge is 2.29. The summed E-state index contributed by atoms with van der Waals surface area (Å²) >= 11 is 0. The lowest BCUT2D eigenvalue weighted by atomic mass is 9.85. The molecule has 102 valence electrons. The molecule has 4 nitrogen and oxygen atoms in total. The van der Waals surface area contributed by atoms with Crippen molar-refractivity contribution in [3.63, 3.8) is 0 Å². The number of rotatable bonds is 2. The van der Waals surface area contributed by atoms with E-state index >= 15 is 0 Å². The molecule has 1 unspecified atom stereocenters. The molecule has 0 radical (unpaired) electrons. The molecule has 0 saturated carbocycles. The van der Waals surface area contributed by atoms with Gasteiger partial charge in [-0.1, -0.05) is 30.3 Å². The van der Waals surface area contributed by atoms with E-state index in [1.54, 1.807) is 12.1 Å². The van der Waals surface area contributed by atoms with Crippen molar-refractivity contribution < 1.29 is 19.7 Å². The highest BCUT2D eigenvalue weighted by Crippen LogP contribution is 2.40. The van der Waals surface area contributed by atoms with E-state index < -0.39 is 12.3 Å². The molecular weight excluding hydrogens is 256 g/mol. The normalized spacial score (nSPS) is 20.9. The number of carboxylic acids is 1. The van der Waals surface area contributed by atoms with Crippen LogP contribution in [0, 0.1) is 0 Å². The fraction of sp³-hybridized carbons (Fsp3) is 0.188. The van der Waals surface area contributed by atoms with Crippen LogP contribution in [-0.2, 0) is 0 Å². The zero-order chi connectivity index (χ0) is 14.1. The van der Waals surface area contributed by atoms with Crippen molar-refractivity contribution in [2.45, 2.75) is 18.6 Å². The second-order valence-corrected chi connectivity index (χ2v) is 4.83. The molecular formula is C16H14O4. The summed E-state index contributed by atoms with van der Waals surface area (Å²) in [6, 6.07) is 14.4. The molecule has 2 N–H and O–H groups in total. The Morgan fingerprint density at radius 3 is 2.60 bits per heavy atom. The smallest absolute Gasteiger partial charge is 0.335 e.